The van der Waals surface area contributed by atoms with E-state index in [0.717, 1.165) is 43.0 Å². The van der Waals surface area contributed by atoms with Crippen LogP contribution in [0.4, 0.5) is 0 Å². The molecule has 1 aromatic heterocycles. The molecule has 3 amide bonds. The van der Waals surface area contributed by atoms with Gasteiger partial charge in [-0.1, -0.05) is 12.8 Å². The summed E-state index contributed by atoms with van der Waals surface area (Å²) in [7, 11) is 0. The molecule has 35 heavy (non-hydrogen) atoms. The standard InChI is InChI=1S/C27H37N5O3/c1-21-7-8-22(2)32(21)24-11-9-23(10-12-24)27(35)28-19-25(33)31-17-15-29(16-18-31)20-26(34)30-13-5-3-4-6-14-30/h7-12H,3-6,13-20H2,1-2H3,(H,28,35). The lowest BCUT2D eigenvalue weighted by molar-refractivity contribution is -0.134. The fraction of sp³-hybridized carbons (Fsp3) is 0.519. The van der Waals surface area contributed by atoms with Gasteiger partial charge in [0.05, 0.1) is 13.1 Å². The number of nitrogens with one attached hydrogen (secondary N) is 1. The van der Waals surface area contributed by atoms with E-state index in [1.54, 1.807) is 17.0 Å². The number of amides is 3. The lowest BCUT2D eigenvalue weighted by Gasteiger charge is -2.35. The van der Waals surface area contributed by atoms with Crippen molar-refractivity contribution < 1.29 is 14.4 Å². The van der Waals surface area contributed by atoms with Crippen LogP contribution in [0.3, 0.4) is 0 Å². The van der Waals surface area contributed by atoms with Crippen LogP contribution in [-0.4, -0.2) is 89.3 Å². The van der Waals surface area contributed by atoms with E-state index in [1.807, 2.05) is 30.9 Å². The number of benzene rings is 1. The third kappa shape index (κ3) is 6.31. The molecular weight excluding hydrogens is 442 g/mol. The number of carbonyl (C=O) groups excluding carboxylic acids is 3. The van der Waals surface area contributed by atoms with Crippen molar-refractivity contribution in [3.63, 3.8) is 0 Å². The molecule has 0 unspecified atom stereocenters. The van der Waals surface area contributed by atoms with Gasteiger partial charge in [-0.15, -0.1) is 0 Å². The van der Waals surface area contributed by atoms with Gasteiger partial charge in [0.25, 0.3) is 5.91 Å². The highest BCUT2D eigenvalue weighted by atomic mass is 16.2. The molecule has 3 heterocycles. The molecule has 2 aromatic rings. The van der Waals surface area contributed by atoms with E-state index in [0.29, 0.717) is 38.3 Å². The Morgan fingerprint density at radius 3 is 1.89 bits per heavy atom. The maximum Gasteiger partial charge on any atom is 0.251 e. The van der Waals surface area contributed by atoms with Crippen molar-refractivity contribution in [2.75, 3.05) is 52.4 Å². The van der Waals surface area contributed by atoms with Gasteiger partial charge in [-0.3, -0.25) is 19.3 Å². The number of rotatable bonds is 6. The molecule has 2 fully saturated rings. The summed E-state index contributed by atoms with van der Waals surface area (Å²) in [4.78, 5) is 43.7. The topological polar surface area (TPSA) is 77.9 Å². The summed E-state index contributed by atoms with van der Waals surface area (Å²) in [6.07, 6.45) is 4.60. The first-order valence-corrected chi connectivity index (χ1v) is 12.7. The molecule has 188 valence electrons. The van der Waals surface area contributed by atoms with Crippen molar-refractivity contribution in [2.45, 2.75) is 39.5 Å². The Kier molecular flexibility index (Phi) is 8.23. The molecule has 1 N–H and O–H groups in total. The molecule has 0 radical (unpaired) electrons. The minimum atomic E-state index is -0.257. The maximum absolute atomic E-state index is 12.6. The van der Waals surface area contributed by atoms with Crippen LogP contribution in [0.1, 0.15) is 47.4 Å². The van der Waals surface area contributed by atoms with Gasteiger partial charge in [-0.05, 0) is 63.1 Å². The van der Waals surface area contributed by atoms with E-state index in [4.69, 9.17) is 0 Å². The SMILES string of the molecule is Cc1ccc(C)n1-c1ccc(C(=O)NCC(=O)N2CCN(CC(=O)N3CCCCCC3)CC2)cc1. The zero-order valence-corrected chi connectivity index (χ0v) is 21.0. The van der Waals surface area contributed by atoms with Crippen molar-refractivity contribution in [2.24, 2.45) is 0 Å². The number of hydrogen-bond donors (Lipinski definition) is 1. The van der Waals surface area contributed by atoms with E-state index < -0.39 is 0 Å². The smallest absolute Gasteiger partial charge is 0.251 e. The van der Waals surface area contributed by atoms with Gasteiger partial charge in [-0.25, -0.2) is 0 Å². The van der Waals surface area contributed by atoms with Gasteiger partial charge >= 0.3 is 0 Å². The molecule has 2 aliphatic heterocycles. The molecule has 2 saturated heterocycles. The molecule has 8 nitrogen and oxygen atoms in total. The minimum Gasteiger partial charge on any atom is -0.343 e. The monoisotopic (exact) mass is 479 g/mol. The van der Waals surface area contributed by atoms with Gasteiger partial charge in [0.2, 0.25) is 11.8 Å². The van der Waals surface area contributed by atoms with E-state index in [1.165, 1.54) is 12.8 Å². The summed E-state index contributed by atoms with van der Waals surface area (Å²) < 4.78 is 2.13. The van der Waals surface area contributed by atoms with E-state index >= 15 is 0 Å². The molecule has 0 saturated carbocycles. The second kappa shape index (κ2) is 11.5. The normalized spacial score (nSPS) is 17.2. The number of carbonyl (C=O) groups is 3. The first-order chi connectivity index (χ1) is 16.9. The predicted octanol–water partition coefficient (Wildman–Crippen LogP) is 2.37. The van der Waals surface area contributed by atoms with Crippen LogP contribution in [0.5, 0.6) is 0 Å². The van der Waals surface area contributed by atoms with Gasteiger partial charge in [0.15, 0.2) is 0 Å². The number of nitrogens with zero attached hydrogens (tertiary/aromatic N) is 4. The van der Waals surface area contributed by atoms with Gasteiger partial charge < -0.3 is 19.7 Å². The average molecular weight is 480 g/mol. The van der Waals surface area contributed by atoms with Crippen molar-refractivity contribution >= 4 is 17.7 Å². The lowest BCUT2D eigenvalue weighted by Crippen LogP contribution is -2.53. The highest BCUT2D eigenvalue weighted by Crippen LogP contribution is 2.17. The molecule has 8 heteroatoms. The first kappa shape index (κ1) is 25.0. The Hall–Kier alpha value is -3.13. The number of hydrogen-bond acceptors (Lipinski definition) is 4. The van der Waals surface area contributed by atoms with E-state index in [2.05, 4.69) is 26.9 Å². The van der Waals surface area contributed by atoms with E-state index in [9.17, 15) is 14.4 Å². The van der Waals surface area contributed by atoms with Crippen LogP contribution in [0.15, 0.2) is 36.4 Å². The van der Waals surface area contributed by atoms with Crippen LogP contribution in [0, 0.1) is 13.8 Å². The lowest BCUT2D eigenvalue weighted by atomic mass is 10.2. The molecule has 2 aliphatic rings. The molecule has 0 bridgehead atoms. The van der Waals surface area contributed by atoms with Crippen molar-refractivity contribution in [3.8, 4) is 5.69 Å². The average Bonchev–Trinajstić information content (AvgIpc) is 3.05. The summed E-state index contributed by atoms with van der Waals surface area (Å²) in [6.45, 7) is 8.74. The Morgan fingerprint density at radius 2 is 1.29 bits per heavy atom. The number of piperazine rings is 1. The van der Waals surface area contributed by atoms with Crippen molar-refractivity contribution in [3.05, 3.63) is 53.3 Å². The van der Waals surface area contributed by atoms with Gasteiger partial charge in [-0.2, -0.15) is 0 Å². The zero-order valence-electron chi connectivity index (χ0n) is 21.0. The summed E-state index contributed by atoms with van der Waals surface area (Å²) in [5.41, 5.74) is 3.80. The van der Waals surface area contributed by atoms with Gasteiger partial charge in [0.1, 0.15) is 0 Å². The molecule has 0 spiro atoms. The second-order valence-corrected chi connectivity index (χ2v) is 9.63. The highest BCUT2D eigenvalue weighted by molar-refractivity contribution is 5.96. The molecule has 0 atom stereocenters. The number of aromatic nitrogens is 1. The summed E-state index contributed by atoms with van der Waals surface area (Å²) in [5.74, 6) is -0.147. The predicted molar refractivity (Wildman–Crippen MR) is 136 cm³/mol. The van der Waals surface area contributed by atoms with Crippen LogP contribution < -0.4 is 5.32 Å². The van der Waals surface area contributed by atoms with Gasteiger partial charge in [0, 0.05) is 61.9 Å². The Morgan fingerprint density at radius 1 is 0.714 bits per heavy atom. The third-order valence-corrected chi connectivity index (χ3v) is 7.10. The van der Waals surface area contributed by atoms with Crippen LogP contribution >= 0.6 is 0 Å². The molecule has 4 rings (SSSR count). The Balaban J connectivity index is 1.20. The third-order valence-electron chi connectivity index (χ3n) is 7.10. The number of aryl methyl sites for hydroxylation is 2. The fourth-order valence-electron chi connectivity index (χ4n) is 4.97. The Labute approximate surface area is 207 Å². The van der Waals surface area contributed by atoms with E-state index in [-0.39, 0.29) is 24.3 Å². The number of likely N-dealkylation sites (tertiary alicyclic amines) is 1. The first-order valence-electron chi connectivity index (χ1n) is 12.7. The Bertz CT molecular complexity index is 1010. The summed E-state index contributed by atoms with van der Waals surface area (Å²) >= 11 is 0. The summed E-state index contributed by atoms with van der Waals surface area (Å²) in [6, 6.07) is 11.5. The quantitative estimate of drug-likeness (QED) is 0.690. The van der Waals surface area contributed by atoms with Crippen LogP contribution in [0.2, 0.25) is 0 Å². The van der Waals surface area contributed by atoms with Crippen LogP contribution in [0.25, 0.3) is 5.69 Å². The second-order valence-electron chi connectivity index (χ2n) is 9.63. The highest BCUT2D eigenvalue weighted by Gasteiger charge is 2.24. The van der Waals surface area contributed by atoms with Crippen molar-refractivity contribution in [1.29, 1.82) is 0 Å². The molecule has 0 aliphatic carbocycles. The molecule has 1 aromatic carbocycles. The zero-order chi connectivity index (χ0) is 24.8. The minimum absolute atomic E-state index is 0.0247. The molecular formula is C27H37N5O3. The largest absolute Gasteiger partial charge is 0.343 e. The maximum atomic E-state index is 12.6. The van der Waals surface area contributed by atoms with Crippen molar-refractivity contribution in [1.82, 2.24) is 24.6 Å². The summed E-state index contributed by atoms with van der Waals surface area (Å²) in [5, 5.41) is 2.75. The fourth-order valence-corrected chi connectivity index (χ4v) is 4.97. The van der Waals surface area contributed by atoms with Crippen LogP contribution in [-0.2, 0) is 9.59 Å².